The highest BCUT2D eigenvalue weighted by molar-refractivity contribution is 5.79. The molecule has 0 aromatic rings. The quantitative estimate of drug-likeness (QED) is 0.404. The number of aliphatic hydroxyl groups excluding tert-OH is 3. The topological polar surface area (TPSA) is 98.0 Å². The summed E-state index contributed by atoms with van der Waals surface area (Å²) in [5, 5.41) is 36.8. The van der Waals surface area contributed by atoms with Crippen LogP contribution in [0.25, 0.3) is 0 Å². The fraction of sp³-hybridized carbons (Fsp3) is 0.875. The van der Waals surface area contributed by atoms with Crippen LogP contribution in [0.15, 0.2) is 0 Å². The summed E-state index contributed by atoms with van der Waals surface area (Å²) in [6.07, 6.45) is -3.01. The third kappa shape index (κ3) is 1.01. The summed E-state index contributed by atoms with van der Waals surface area (Å²) in [6.45, 7) is 0. The second kappa shape index (κ2) is 2.43. The van der Waals surface area contributed by atoms with Crippen molar-refractivity contribution < 1.29 is 25.2 Å². The lowest BCUT2D eigenvalue weighted by Crippen LogP contribution is -2.47. The number of hydrogen-bond acceptors (Lipinski definition) is 4. The Morgan fingerprint density at radius 3 is 2.31 bits per heavy atom. The van der Waals surface area contributed by atoms with Gasteiger partial charge in [0, 0.05) is 5.92 Å². The molecule has 2 aliphatic carbocycles. The Morgan fingerprint density at radius 1 is 1.15 bits per heavy atom. The fourth-order valence-electron chi connectivity index (χ4n) is 2.31. The average molecular weight is 188 g/mol. The molecule has 0 unspecified atom stereocenters. The molecule has 0 bridgehead atoms. The molecule has 0 heterocycles. The third-order valence-corrected chi connectivity index (χ3v) is 3.29. The maximum absolute atomic E-state index is 10.8. The highest BCUT2D eigenvalue weighted by Crippen LogP contribution is 2.61. The summed E-state index contributed by atoms with van der Waals surface area (Å²) >= 11 is 0. The number of aliphatic carboxylic acids is 1. The Morgan fingerprint density at radius 2 is 1.77 bits per heavy atom. The molecule has 74 valence electrons. The van der Waals surface area contributed by atoms with Gasteiger partial charge in [-0.15, -0.1) is 0 Å². The molecule has 2 rings (SSSR count). The van der Waals surface area contributed by atoms with E-state index in [1.165, 1.54) is 0 Å². The molecule has 5 nitrogen and oxygen atoms in total. The normalized spacial score (nSPS) is 54.1. The van der Waals surface area contributed by atoms with Gasteiger partial charge in [0.25, 0.3) is 0 Å². The van der Waals surface area contributed by atoms with E-state index in [2.05, 4.69) is 0 Å². The van der Waals surface area contributed by atoms with Crippen molar-refractivity contribution in [3.63, 3.8) is 0 Å². The van der Waals surface area contributed by atoms with Crippen LogP contribution in [-0.2, 0) is 4.79 Å². The second-order valence-electron chi connectivity index (χ2n) is 4.02. The first-order valence-corrected chi connectivity index (χ1v) is 4.26. The number of hydrogen-bond donors (Lipinski definition) is 4. The molecule has 0 aliphatic heterocycles. The monoisotopic (exact) mass is 188 g/mol. The smallest absolute Gasteiger partial charge is 0.310 e. The van der Waals surface area contributed by atoms with Crippen molar-refractivity contribution in [3.8, 4) is 0 Å². The fourth-order valence-corrected chi connectivity index (χ4v) is 2.31. The van der Waals surface area contributed by atoms with Crippen molar-refractivity contribution in [1.29, 1.82) is 0 Å². The van der Waals surface area contributed by atoms with Crippen LogP contribution in [0.4, 0.5) is 0 Å². The molecule has 2 saturated carbocycles. The van der Waals surface area contributed by atoms with Gasteiger partial charge in [-0.25, -0.2) is 0 Å². The minimum Gasteiger partial charge on any atom is -0.481 e. The predicted octanol–water partition coefficient (Wildman–Crippen LogP) is -1.44. The summed E-state index contributed by atoms with van der Waals surface area (Å²) in [6, 6.07) is 0. The zero-order valence-corrected chi connectivity index (χ0v) is 6.92. The van der Waals surface area contributed by atoms with Crippen molar-refractivity contribution in [1.82, 2.24) is 0 Å². The van der Waals surface area contributed by atoms with E-state index in [0.717, 1.165) is 0 Å². The molecule has 0 radical (unpaired) electrons. The molecule has 4 N–H and O–H groups in total. The van der Waals surface area contributed by atoms with Crippen LogP contribution in [0.1, 0.15) is 12.8 Å². The van der Waals surface area contributed by atoms with E-state index in [4.69, 9.17) is 5.11 Å². The molecule has 5 atom stereocenters. The SMILES string of the molecule is O=C(O)[C@]12C[C@@H](O)[C@H](O)[C@H](O)[C@H]1C2. The minimum atomic E-state index is -1.19. The van der Waals surface area contributed by atoms with Gasteiger partial charge in [-0.05, 0) is 12.8 Å². The van der Waals surface area contributed by atoms with Crippen LogP contribution in [0.5, 0.6) is 0 Å². The molecule has 2 aliphatic rings. The molecule has 0 spiro atoms. The summed E-state index contributed by atoms with van der Waals surface area (Å²) in [5.41, 5.74) is -0.974. The van der Waals surface area contributed by atoms with Crippen LogP contribution in [-0.4, -0.2) is 44.7 Å². The van der Waals surface area contributed by atoms with Crippen LogP contribution in [0.2, 0.25) is 0 Å². The van der Waals surface area contributed by atoms with Gasteiger partial charge in [0.15, 0.2) is 0 Å². The van der Waals surface area contributed by atoms with E-state index >= 15 is 0 Å². The standard InChI is InChI=1S/C8H12O5/c9-4-2-8(7(12)13)1-3(8)5(10)6(4)11/h3-6,9-11H,1-2H2,(H,12,13)/t3-,4-,5-,6+,8-/m1/s1. The van der Waals surface area contributed by atoms with Crippen molar-refractivity contribution in [3.05, 3.63) is 0 Å². The van der Waals surface area contributed by atoms with E-state index in [0.29, 0.717) is 6.42 Å². The number of aliphatic hydroxyl groups is 3. The lowest BCUT2D eigenvalue weighted by molar-refractivity contribution is -0.155. The van der Waals surface area contributed by atoms with E-state index in [1.807, 2.05) is 0 Å². The number of fused-ring (bicyclic) bond motifs is 1. The van der Waals surface area contributed by atoms with Gasteiger partial charge in [0.05, 0.1) is 17.6 Å². The molecule has 2 fully saturated rings. The van der Waals surface area contributed by atoms with Crippen molar-refractivity contribution in [2.75, 3.05) is 0 Å². The van der Waals surface area contributed by atoms with Crippen LogP contribution in [0.3, 0.4) is 0 Å². The van der Waals surface area contributed by atoms with Gasteiger partial charge >= 0.3 is 5.97 Å². The molecule has 13 heavy (non-hydrogen) atoms. The van der Waals surface area contributed by atoms with Crippen LogP contribution >= 0.6 is 0 Å². The van der Waals surface area contributed by atoms with Gasteiger partial charge in [0.2, 0.25) is 0 Å². The predicted molar refractivity (Wildman–Crippen MR) is 40.8 cm³/mol. The Kier molecular flexibility index (Phi) is 1.67. The van der Waals surface area contributed by atoms with E-state index in [-0.39, 0.29) is 12.3 Å². The van der Waals surface area contributed by atoms with E-state index in [9.17, 15) is 20.1 Å². The molecular formula is C8H12O5. The van der Waals surface area contributed by atoms with Crippen LogP contribution < -0.4 is 0 Å². The number of carboxylic acid groups (broad SMARTS) is 1. The molecule has 0 amide bonds. The highest BCUT2D eigenvalue weighted by Gasteiger charge is 2.68. The summed E-state index contributed by atoms with van der Waals surface area (Å²) in [7, 11) is 0. The third-order valence-electron chi connectivity index (χ3n) is 3.29. The Balaban J connectivity index is 2.20. The van der Waals surface area contributed by atoms with Gasteiger partial charge in [-0.2, -0.15) is 0 Å². The summed E-state index contributed by atoms with van der Waals surface area (Å²) in [4.78, 5) is 10.8. The number of rotatable bonds is 1. The van der Waals surface area contributed by atoms with Crippen molar-refractivity contribution >= 4 is 5.97 Å². The lowest BCUT2D eigenvalue weighted by atomic mass is 9.83. The summed E-state index contributed by atoms with van der Waals surface area (Å²) < 4.78 is 0. The molecular weight excluding hydrogens is 176 g/mol. The second-order valence-corrected chi connectivity index (χ2v) is 4.02. The number of carbonyl (C=O) groups is 1. The minimum absolute atomic E-state index is 0.0469. The maximum Gasteiger partial charge on any atom is 0.310 e. The van der Waals surface area contributed by atoms with Gasteiger partial charge in [-0.3, -0.25) is 4.79 Å². The van der Waals surface area contributed by atoms with Gasteiger partial charge in [0.1, 0.15) is 6.10 Å². The highest BCUT2D eigenvalue weighted by atomic mass is 16.4. The Labute approximate surface area is 74.6 Å². The average Bonchev–Trinajstić information content (AvgIpc) is 2.76. The van der Waals surface area contributed by atoms with Crippen molar-refractivity contribution in [2.24, 2.45) is 11.3 Å². The number of carboxylic acids is 1. The Bertz CT molecular complexity index is 253. The molecule has 0 aromatic heterocycles. The first-order chi connectivity index (χ1) is 5.99. The lowest BCUT2D eigenvalue weighted by Gasteiger charge is -2.31. The zero-order valence-electron chi connectivity index (χ0n) is 6.92. The molecule has 0 saturated heterocycles. The van der Waals surface area contributed by atoms with Gasteiger partial charge in [-0.1, -0.05) is 0 Å². The van der Waals surface area contributed by atoms with E-state index < -0.39 is 29.7 Å². The Hall–Kier alpha value is -0.650. The maximum atomic E-state index is 10.8. The first kappa shape index (κ1) is 8.93. The molecule has 5 heteroatoms. The van der Waals surface area contributed by atoms with Crippen molar-refractivity contribution in [2.45, 2.75) is 31.2 Å². The molecule has 0 aromatic carbocycles. The summed E-state index contributed by atoms with van der Waals surface area (Å²) in [5.74, 6) is -1.37. The zero-order chi connectivity index (χ0) is 9.80. The van der Waals surface area contributed by atoms with Gasteiger partial charge < -0.3 is 20.4 Å². The van der Waals surface area contributed by atoms with E-state index in [1.54, 1.807) is 0 Å². The largest absolute Gasteiger partial charge is 0.481 e. The first-order valence-electron chi connectivity index (χ1n) is 4.26. The van der Waals surface area contributed by atoms with Crippen LogP contribution in [0, 0.1) is 11.3 Å².